The number of hydrogen-bond donors (Lipinski definition) is 1. The summed E-state index contributed by atoms with van der Waals surface area (Å²) in [7, 11) is 0. The highest BCUT2D eigenvalue weighted by Gasteiger charge is 2.36. The largest absolute Gasteiger partial charge is 0.342 e. The van der Waals surface area contributed by atoms with Crippen LogP contribution in [0.25, 0.3) is 0 Å². The first-order valence-corrected chi connectivity index (χ1v) is 8.18. The van der Waals surface area contributed by atoms with Crippen molar-refractivity contribution in [1.82, 2.24) is 10.2 Å². The smallest absolute Gasteiger partial charge is 0.225 e. The van der Waals surface area contributed by atoms with E-state index in [2.05, 4.69) is 23.2 Å². The number of benzene rings is 1. The van der Waals surface area contributed by atoms with Crippen LogP contribution in [0.5, 0.6) is 0 Å². The lowest BCUT2D eigenvalue weighted by Gasteiger charge is -2.37. The molecule has 1 aliphatic carbocycles. The van der Waals surface area contributed by atoms with Crippen LogP contribution >= 0.6 is 0 Å². The van der Waals surface area contributed by atoms with Gasteiger partial charge in [0, 0.05) is 31.6 Å². The Hall–Kier alpha value is -1.86. The molecule has 1 aromatic rings. The number of rotatable bonds is 4. The lowest BCUT2D eigenvalue weighted by atomic mass is 9.93. The zero-order chi connectivity index (χ0) is 15.5. The summed E-state index contributed by atoms with van der Waals surface area (Å²) in [5.74, 6) is 1.16. The third-order valence-corrected chi connectivity index (χ3v) is 4.77. The van der Waals surface area contributed by atoms with E-state index in [0.717, 1.165) is 44.5 Å². The molecule has 4 heteroatoms. The molecule has 0 unspecified atom stereocenters. The molecule has 2 fully saturated rings. The van der Waals surface area contributed by atoms with Gasteiger partial charge in [-0.1, -0.05) is 19.1 Å². The van der Waals surface area contributed by atoms with Gasteiger partial charge in [0.1, 0.15) is 0 Å². The zero-order valence-electron chi connectivity index (χ0n) is 13.1. The van der Waals surface area contributed by atoms with Crippen molar-refractivity contribution in [3.8, 4) is 6.07 Å². The van der Waals surface area contributed by atoms with E-state index < -0.39 is 0 Å². The van der Waals surface area contributed by atoms with Crippen molar-refractivity contribution in [2.24, 2.45) is 11.8 Å². The molecule has 1 heterocycles. The molecule has 3 rings (SSSR count). The van der Waals surface area contributed by atoms with Crippen LogP contribution in [0, 0.1) is 23.2 Å². The Morgan fingerprint density at radius 3 is 2.91 bits per heavy atom. The maximum Gasteiger partial charge on any atom is 0.225 e. The number of likely N-dealkylation sites (tertiary alicyclic amines) is 1. The summed E-state index contributed by atoms with van der Waals surface area (Å²) in [5, 5.41) is 12.5. The Balaban J connectivity index is 1.51. The molecule has 4 nitrogen and oxygen atoms in total. The summed E-state index contributed by atoms with van der Waals surface area (Å²) >= 11 is 0. The Labute approximate surface area is 132 Å². The summed E-state index contributed by atoms with van der Waals surface area (Å²) in [4.78, 5) is 14.2. The van der Waals surface area contributed by atoms with Gasteiger partial charge in [0.05, 0.1) is 11.6 Å². The van der Waals surface area contributed by atoms with Crippen molar-refractivity contribution < 1.29 is 4.79 Å². The van der Waals surface area contributed by atoms with E-state index >= 15 is 0 Å². The van der Waals surface area contributed by atoms with Gasteiger partial charge in [-0.15, -0.1) is 0 Å². The van der Waals surface area contributed by atoms with E-state index in [1.54, 1.807) is 0 Å². The fourth-order valence-electron chi connectivity index (χ4n) is 3.24. The van der Waals surface area contributed by atoms with Gasteiger partial charge in [0.15, 0.2) is 0 Å². The van der Waals surface area contributed by atoms with Gasteiger partial charge < -0.3 is 10.2 Å². The van der Waals surface area contributed by atoms with Crippen LogP contribution in [0.4, 0.5) is 0 Å². The van der Waals surface area contributed by atoms with Crippen molar-refractivity contribution in [3.05, 3.63) is 35.4 Å². The number of carbonyl (C=O) groups excluding carboxylic acids is 1. The normalized spacial score (nSPS) is 24.8. The monoisotopic (exact) mass is 297 g/mol. The summed E-state index contributed by atoms with van der Waals surface area (Å²) in [5.41, 5.74) is 1.85. The van der Waals surface area contributed by atoms with E-state index in [0.29, 0.717) is 29.3 Å². The fraction of sp³-hybridized carbons (Fsp3) is 0.556. The van der Waals surface area contributed by atoms with Crippen molar-refractivity contribution in [2.75, 3.05) is 13.1 Å². The lowest BCUT2D eigenvalue weighted by Crippen LogP contribution is -2.50. The Morgan fingerprint density at radius 1 is 1.41 bits per heavy atom. The summed E-state index contributed by atoms with van der Waals surface area (Å²) in [6.07, 6.45) is 3.18. The van der Waals surface area contributed by atoms with Crippen LogP contribution in [-0.2, 0) is 11.3 Å². The Morgan fingerprint density at radius 2 is 2.23 bits per heavy atom. The second-order valence-corrected chi connectivity index (χ2v) is 6.62. The first-order valence-electron chi connectivity index (χ1n) is 8.18. The standard InChI is InChI=1S/C18H23N3O/c1-13-12-21(18(22)16-5-6-16)8-7-17(13)20-11-15-4-2-3-14(9-15)10-19/h2-4,9,13,16-17,20H,5-8,11-12H2,1H3/t13-,17-/m1/s1. The minimum Gasteiger partial charge on any atom is -0.342 e. The molecule has 0 aromatic heterocycles. The van der Waals surface area contributed by atoms with Gasteiger partial charge in [-0.2, -0.15) is 5.26 Å². The highest BCUT2D eigenvalue weighted by Crippen LogP contribution is 2.32. The maximum absolute atomic E-state index is 12.1. The van der Waals surface area contributed by atoms with E-state index in [-0.39, 0.29) is 0 Å². The number of carbonyl (C=O) groups is 1. The zero-order valence-corrected chi connectivity index (χ0v) is 13.1. The van der Waals surface area contributed by atoms with Crippen LogP contribution in [0.1, 0.15) is 37.3 Å². The van der Waals surface area contributed by atoms with E-state index in [1.807, 2.05) is 24.3 Å². The first kappa shape index (κ1) is 15.1. The second kappa shape index (κ2) is 6.50. The predicted octanol–water partition coefficient (Wildman–Crippen LogP) is 2.29. The molecule has 0 radical (unpaired) electrons. The summed E-state index contributed by atoms with van der Waals surface area (Å²) in [6.45, 7) is 4.73. The first-order chi connectivity index (χ1) is 10.7. The van der Waals surface area contributed by atoms with Crippen molar-refractivity contribution in [1.29, 1.82) is 5.26 Å². The van der Waals surface area contributed by atoms with Crippen LogP contribution in [0.3, 0.4) is 0 Å². The molecule has 22 heavy (non-hydrogen) atoms. The molecule has 2 atom stereocenters. The highest BCUT2D eigenvalue weighted by molar-refractivity contribution is 5.81. The topological polar surface area (TPSA) is 56.1 Å². The minimum absolute atomic E-state index is 0.324. The number of nitrogens with one attached hydrogen (secondary N) is 1. The molecule has 116 valence electrons. The van der Waals surface area contributed by atoms with Crippen molar-refractivity contribution >= 4 is 5.91 Å². The Bertz CT molecular complexity index is 588. The van der Waals surface area contributed by atoms with Gasteiger partial charge in [-0.25, -0.2) is 0 Å². The molecule has 1 aromatic carbocycles. The van der Waals surface area contributed by atoms with E-state index in [9.17, 15) is 4.79 Å². The van der Waals surface area contributed by atoms with Gasteiger partial charge in [-0.05, 0) is 42.9 Å². The van der Waals surface area contributed by atoms with Crippen LogP contribution in [0.2, 0.25) is 0 Å². The van der Waals surface area contributed by atoms with Crippen LogP contribution in [-0.4, -0.2) is 29.9 Å². The fourth-order valence-corrected chi connectivity index (χ4v) is 3.24. The molecule has 1 aliphatic heterocycles. The molecule has 0 spiro atoms. The summed E-state index contributed by atoms with van der Waals surface area (Å²) < 4.78 is 0. The molecule has 0 bridgehead atoms. The van der Waals surface area contributed by atoms with Crippen LogP contribution in [0.15, 0.2) is 24.3 Å². The molecule has 1 N–H and O–H groups in total. The highest BCUT2D eigenvalue weighted by atomic mass is 16.2. The SMILES string of the molecule is C[C@@H]1CN(C(=O)C2CC2)CC[C@H]1NCc1cccc(C#N)c1. The number of nitrogens with zero attached hydrogens (tertiary/aromatic N) is 2. The lowest BCUT2D eigenvalue weighted by molar-refractivity contribution is -0.134. The van der Waals surface area contributed by atoms with Crippen molar-refractivity contribution in [2.45, 2.75) is 38.8 Å². The number of piperidine rings is 1. The van der Waals surface area contributed by atoms with E-state index in [1.165, 1.54) is 0 Å². The molecule has 2 aliphatic rings. The third kappa shape index (κ3) is 3.48. The molecular weight excluding hydrogens is 274 g/mol. The Kier molecular flexibility index (Phi) is 4.44. The average Bonchev–Trinajstić information content (AvgIpc) is 3.38. The van der Waals surface area contributed by atoms with Crippen LogP contribution < -0.4 is 5.32 Å². The quantitative estimate of drug-likeness (QED) is 0.927. The number of amides is 1. The van der Waals surface area contributed by atoms with Gasteiger partial charge in [0.2, 0.25) is 5.91 Å². The molecule has 1 saturated heterocycles. The van der Waals surface area contributed by atoms with Gasteiger partial charge in [-0.3, -0.25) is 4.79 Å². The number of nitriles is 1. The van der Waals surface area contributed by atoms with Crippen molar-refractivity contribution in [3.63, 3.8) is 0 Å². The van der Waals surface area contributed by atoms with E-state index in [4.69, 9.17) is 5.26 Å². The maximum atomic E-state index is 12.1. The number of hydrogen-bond acceptors (Lipinski definition) is 3. The van der Waals surface area contributed by atoms with Gasteiger partial charge in [0.25, 0.3) is 0 Å². The third-order valence-electron chi connectivity index (χ3n) is 4.77. The molecule has 1 amide bonds. The second-order valence-electron chi connectivity index (χ2n) is 6.62. The van der Waals surface area contributed by atoms with Gasteiger partial charge >= 0.3 is 0 Å². The average molecular weight is 297 g/mol. The summed E-state index contributed by atoms with van der Waals surface area (Å²) in [6, 6.07) is 10.3. The molecule has 1 saturated carbocycles. The molecular formula is C18H23N3O. The minimum atomic E-state index is 0.324. The predicted molar refractivity (Wildman–Crippen MR) is 84.9 cm³/mol.